The van der Waals surface area contributed by atoms with E-state index < -0.39 is 0 Å². The lowest BCUT2D eigenvalue weighted by molar-refractivity contribution is -0.123. The summed E-state index contributed by atoms with van der Waals surface area (Å²) >= 11 is 0. The Morgan fingerprint density at radius 1 is 1.17 bits per heavy atom. The van der Waals surface area contributed by atoms with Gasteiger partial charge in [-0.15, -0.1) is 0 Å². The lowest BCUT2D eigenvalue weighted by atomic mass is 9.95. The summed E-state index contributed by atoms with van der Waals surface area (Å²) in [5.41, 5.74) is 1.99. The zero-order chi connectivity index (χ0) is 21.5. The first kappa shape index (κ1) is 21.8. The number of hydrogen-bond donors (Lipinski definition) is 2. The lowest BCUT2D eigenvalue weighted by Gasteiger charge is -2.30. The number of para-hydroxylation sites is 2. The minimum atomic E-state index is -0.268. The molecule has 2 aromatic rings. The summed E-state index contributed by atoms with van der Waals surface area (Å²) in [6.45, 7) is 3.63. The first-order valence-electron chi connectivity index (χ1n) is 10.1. The quantitative estimate of drug-likeness (QED) is 0.732. The monoisotopic (exact) mass is 413 g/mol. The minimum absolute atomic E-state index is 0.0231. The number of piperidine rings is 1. The molecular formula is C23H28FN3O3. The van der Waals surface area contributed by atoms with Crippen molar-refractivity contribution in [1.29, 1.82) is 0 Å². The summed E-state index contributed by atoms with van der Waals surface area (Å²) in [4.78, 5) is 26.8. The largest absolute Gasteiger partial charge is 0.495 e. The molecule has 6 nitrogen and oxygen atoms in total. The van der Waals surface area contributed by atoms with Crippen LogP contribution in [-0.2, 0) is 16.1 Å². The van der Waals surface area contributed by atoms with E-state index in [9.17, 15) is 14.0 Å². The van der Waals surface area contributed by atoms with Gasteiger partial charge in [-0.1, -0.05) is 24.3 Å². The van der Waals surface area contributed by atoms with Gasteiger partial charge < -0.3 is 15.4 Å². The number of anilines is 1. The van der Waals surface area contributed by atoms with Gasteiger partial charge in [-0.25, -0.2) is 4.39 Å². The molecule has 0 spiro atoms. The third kappa shape index (κ3) is 5.79. The molecule has 2 N–H and O–H groups in total. The van der Waals surface area contributed by atoms with Gasteiger partial charge in [-0.3, -0.25) is 14.5 Å². The van der Waals surface area contributed by atoms with E-state index in [0.717, 1.165) is 5.56 Å². The Balaban J connectivity index is 1.42. The highest BCUT2D eigenvalue weighted by molar-refractivity contribution is 5.94. The number of methoxy groups -OCH3 is 1. The van der Waals surface area contributed by atoms with Crippen molar-refractivity contribution >= 4 is 17.5 Å². The molecule has 160 valence electrons. The Labute approximate surface area is 176 Å². The van der Waals surface area contributed by atoms with Crippen LogP contribution in [0.1, 0.15) is 24.0 Å². The molecule has 1 aliphatic rings. The number of carbonyl (C=O) groups is 2. The highest BCUT2D eigenvalue weighted by atomic mass is 19.1. The summed E-state index contributed by atoms with van der Waals surface area (Å²) in [5, 5.41) is 5.77. The molecule has 1 aliphatic heterocycles. The molecule has 2 amide bonds. The Bertz CT molecular complexity index is 895. The van der Waals surface area contributed by atoms with Gasteiger partial charge in [0.15, 0.2) is 0 Å². The Morgan fingerprint density at radius 2 is 1.90 bits per heavy atom. The predicted molar refractivity (Wildman–Crippen MR) is 114 cm³/mol. The molecule has 2 aromatic carbocycles. The van der Waals surface area contributed by atoms with Crippen LogP contribution in [0.5, 0.6) is 5.75 Å². The maximum absolute atomic E-state index is 13.6. The van der Waals surface area contributed by atoms with Crippen LogP contribution in [0.2, 0.25) is 0 Å². The highest BCUT2D eigenvalue weighted by Gasteiger charge is 2.26. The van der Waals surface area contributed by atoms with E-state index >= 15 is 0 Å². The molecule has 1 heterocycles. The standard InChI is InChI=1S/C23H28FN3O3/c1-16-7-8-17(13-19(16)24)14-25-22(28)15-27-11-9-18(10-12-27)23(29)26-20-5-3-4-6-21(20)30-2/h3-8,13,18H,9-12,14-15H2,1-2H3,(H,25,28)(H,26,29). The summed E-state index contributed by atoms with van der Waals surface area (Å²) in [7, 11) is 1.57. The van der Waals surface area contributed by atoms with Crippen LogP contribution >= 0.6 is 0 Å². The molecule has 30 heavy (non-hydrogen) atoms. The number of nitrogens with one attached hydrogen (secondary N) is 2. The van der Waals surface area contributed by atoms with E-state index in [2.05, 4.69) is 10.6 Å². The number of ether oxygens (including phenoxy) is 1. The average molecular weight is 413 g/mol. The molecule has 7 heteroatoms. The van der Waals surface area contributed by atoms with E-state index in [1.165, 1.54) is 6.07 Å². The van der Waals surface area contributed by atoms with Crippen LogP contribution in [0.4, 0.5) is 10.1 Å². The fourth-order valence-corrected chi connectivity index (χ4v) is 3.54. The van der Waals surface area contributed by atoms with E-state index in [1.54, 1.807) is 20.1 Å². The highest BCUT2D eigenvalue weighted by Crippen LogP contribution is 2.25. The maximum Gasteiger partial charge on any atom is 0.234 e. The van der Waals surface area contributed by atoms with Crippen LogP contribution in [-0.4, -0.2) is 43.5 Å². The molecule has 0 atom stereocenters. The second-order valence-electron chi connectivity index (χ2n) is 7.60. The number of likely N-dealkylation sites (tertiary alicyclic amines) is 1. The van der Waals surface area contributed by atoms with Gasteiger partial charge >= 0.3 is 0 Å². The number of halogens is 1. The normalized spacial score (nSPS) is 14.9. The molecule has 0 unspecified atom stereocenters. The average Bonchev–Trinajstić information content (AvgIpc) is 2.75. The van der Waals surface area contributed by atoms with Crippen LogP contribution in [0, 0.1) is 18.7 Å². The van der Waals surface area contributed by atoms with Gasteiger partial charge in [0.25, 0.3) is 0 Å². The number of benzene rings is 2. The molecule has 0 saturated carbocycles. The van der Waals surface area contributed by atoms with Gasteiger partial charge in [0, 0.05) is 12.5 Å². The molecule has 0 aliphatic carbocycles. The van der Waals surface area contributed by atoms with Crippen molar-refractivity contribution < 1.29 is 18.7 Å². The fourth-order valence-electron chi connectivity index (χ4n) is 3.54. The van der Waals surface area contributed by atoms with Crippen LogP contribution in [0.25, 0.3) is 0 Å². The smallest absolute Gasteiger partial charge is 0.234 e. The molecule has 1 saturated heterocycles. The second kappa shape index (κ2) is 10.2. The van der Waals surface area contributed by atoms with Crippen molar-refractivity contribution in [3.63, 3.8) is 0 Å². The molecule has 0 bridgehead atoms. The first-order chi connectivity index (χ1) is 14.5. The maximum atomic E-state index is 13.6. The van der Waals surface area contributed by atoms with Crippen molar-refractivity contribution in [2.24, 2.45) is 5.92 Å². The summed E-state index contributed by atoms with van der Waals surface area (Å²) < 4.78 is 18.9. The predicted octanol–water partition coefficient (Wildman–Crippen LogP) is 3.11. The Hall–Kier alpha value is -2.93. The number of hydrogen-bond acceptors (Lipinski definition) is 4. The number of carbonyl (C=O) groups excluding carboxylic acids is 2. The summed E-state index contributed by atoms with van der Waals surface area (Å²) in [5.74, 6) is 0.145. The van der Waals surface area contributed by atoms with Gasteiger partial charge in [0.05, 0.1) is 19.3 Å². The zero-order valence-corrected chi connectivity index (χ0v) is 17.4. The van der Waals surface area contributed by atoms with Crippen LogP contribution in [0.15, 0.2) is 42.5 Å². The SMILES string of the molecule is COc1ccccc1NC(=O)C1CCN(CC(=O)NCc2ccc(C)c(F)c2)CC1. The molecule has 1 fully saturated rings. The number of amides is 2. The Kier molecular flexibility index (Phi) is 7.41. The summed E-state index contributed by atoms with van der Waals surface area (Å²) in [6, 6.07) is 12.3. The number of rotatable bonds is 7. The van der Waals surface area contributed by atoms with Crippen molar-refractivity contribution in [2.75, 3.05) is 32.1 Å². The zero-order valence-electron chi connectivity index (χ0n) is 17.4. The third-order valence-corrected chi connectivity index (χ3v) is 5.42. The fraction of sp³-hybridized carbons (Fsp3) is 0.391. The van der Waals surface area contributed by atoms with Crippen LogP contribution < -0.4 is 15.4 Å². The van der Waals surface area contributed by atoms with Gasteiger partial charge in [0.1, 0.15) is 11.6 Å². The Morgan fingerprint density at radius 3 is 2.60 bits per heavy atom. The minimum Gasteiger partial charge on any atom is -0.495 e. The number of nitrogens with zero attached hydrogens (tertiary/aromatic N) is 1. The molecule has 0 radical (unpaired) electrons. The first-order valence-corrected chi connectivity index (χ1v) is 10.1. The second-order valence-corrected chi connectivity index (χ2v) is 7.60. The number of aryl methyl sites for hydroxylation is 1. The lowest BCUT2D eigenvalue weighted by Crippen LogP contribution is -2.43. The van der Waals surface area contributed by atoms with Gasteiger partial charge in [-0.2, -0.15) is 0 Å². The van der Waals surface area contributed by atoms with Gasteiger partial charge in [-0.05, 0) is 62.2 Å². The van der Waals surface area contributed by atoms with E-state index in [-0.39, 0.29) is 30.1 Å². The molecular weight excluding hydrogens is 385 g/mol. The summed E-state index contributed by atoms with van der Waals surface area (Å²) in [6.07, 6.45) is 1.38. The van der Waals surface area contributed by atoms with Crippen molar-refractivity contribution in [2.45, 2.75) is 26.3 Å². The van der Waals surface area contributed by atoms with E-state index in [4.69, 9.17) is 4.74 Å². The van der Waals surface area contributed by atoms with Crippen molar-refractivity contribution in [3.05, 3.63) is 59.4 Å². The van der Waals surface area contributed by atoms with Crippen molar-refractivity contribution in [1.82, 2.24) is 10.2 Å². The van der Waals surface area contributed by atoms with Crippen molar-refractivity contribution in [3.8, 4) is 5.75 Å². The topological polar surface area (TPSA) is 70.7 Å². The van der Waals surface area contributed by atoms with E-state index in [0.29, 0.717) is 49.5 Å². The van der Waals surface area contributed by atoms with Crippen LogP contribution in [0.3, 0.4) is 0 Å². The van der Waals surface area contributed by atoms with Gasteiger partial charge in [0.2, 0.25) is 11.8 Å². The van der Waals surface area contributed by atoms with E-state index in [1.807, 2.05) is 35.2 Å². The molecule has 0 aromatic heterocycles. The molecule has 3 rings (SSSR count). The third-order valence-electron chi connectivity index (χ3n) is 5.42.